The van der Waals surface area contributed by atoms with Gasteiger partial charge < -0.3 is 9.09 Å². The first-order chi connectivity index (χ1) is 10.1. The highest BCUT2D eigenvalue weighted by Gasteiger charge is 2.17. The van der Waals surface area contributed by atoms with E-state index in [0.29, 0.717) is 35.4 Å². The summed E-state index contributed by atoms with van der Waals surface area (Å²) in [6, 6.07) is 2.04. The highest BCUT2D eigenvalue weighted by atomic mass is 35.5. The minimum Gasteiger partial charge on any atom is -0.340 e. The number of alkyl halides is 1. The standard InChI is InChI=1S/C13H11ClF2N4O/c1-7-17-11(19-21-7)6-20-10-5-8(15)4-9(16)13(10)18-12(20)2-3-14/h4-5H,2-3,6H2,1H3. The van der Waals surface area contributed by atoms with Crippen molar-refractivity contribution in [3.05, 3.63) is 41.3 Å². The minimum atomic E-state index is -0.705. The summed E-state index contributed by atoms with van der Waals surface area (Å²) >= 11 is 5.74. The van der Waals surface area contributed by atoms with E-state index in [-0.39, 0.29) is 12.1 Å². The van der Waals surface area contributed by atoms with Gasteiger partial charge in [-0.1, -0.05) is 5.16 Å². The number of hydrogen-bond donors (Lipinski definition) is 0. The van der Waals surface area contributed by atoms with Crippen LogP contribution in [0, 0.1) is 18.6 Å². The number of aryl methyl sites for hydroxylation is 2. The van der Waals surface area contributed by atoms with Crippen LogP contribution in [0.1, 0.15) is 17.5 Å². The van der Waals surface area contributed by atoms with E-state index in [0.717, 1.165) is 6.07 Å². The number of hydrogen-bond acceptors (Lipinski definition) is 4. The van der Waals surface area contributed by atoms with Gasteiger partial charge in [-0.3, -0.25) is 0 Å². The van der Waals surface area contributed by atoms with Crippen LogP contribution in [0.4, 0.5) is 8.78 Å². The molecule has 0 saturated heterocycles. The highest BCUT2D eigenvalue weighted by molar-refractivity contribution is 6.17. The summed E-state index contributed by atoms with van der Waals surface area (Å²) in [6.07, 6.45) is 0.425. The van der Waals surface area contributed by atoms with Gasteiger partial charge in [-0.25, -0.2) is 13.8 Å². The molecule has 0 bridgehead atoms. The predicted molar refractivity (Wildman–Crippen MR) is 72.2 cm³/mol. The van der Waals surface area contributed by atoms with Crippen LogP contribution in [0.5, 0.6) is 0 Å². The third kappa shape index (κ3) is 2.61. The molecule has 0 aliphatic heterocycles. The molecule has 3 aromatic rings. The molecule has 0 radical (unpaired) electrons. The Hall–Kier alpha value is -2.02. The zero-order chi connectivity index (χ0) is 15.0. The average molecular weight is 313 g/mol. The van der Waals surface area contributed by atoms with E-state index in [2.05, 4.69) is 15.1 Å². The van der Waals surface area contributed by atoms with E-state index >= 15 is 0 Å². The van der Waals surface area contributed by atoms with Crippen molar-refractivity contribution in [3.8, 4) is 0 Å². The lowest BCUT2D eigenvalue weighted by Gasteiger charge is -2.05. The number of fused-ring (bicyclic) bond motifs is 1. The number of nitrogens with zero attached hydrogens (tertiary/aromatic N) is 4. The smallest absolute Gasteiger partial charge is 0.223 e. The first kappa shape index (κ1) is 13.9. The fourth-order valence-corrected chi connectivity index (χ4v) is 2.37. The van der Waals surface area contributed by atoms with Crippen molar-refractivity contribution in [1.29, 1.82) is 0 Å². The predicted octanol–water partition coefficient (Wildman–Crippen LogP) is 2.84. The molecule has 8 heteroatoms. The monoisotopic (exact) mass is 312 g/mol. The van der Waals surface area contributed by atoms with Crippen molar-refractivity contribution in [3.63, 3.8) is 0 Å². The van der Waals surface area contributed by atoms with Gasteiger partial charge in [0.15, 0.2) is 11.6 Å². The van der Waals surface area contributed by atoms with Gasteiger partial charge in [-0.2, -0.15) is 4.98 Å². The number of benzene rings is 1. The molecule has 0 unspecified atom stereocenters. The first-order valence-corrected chi connectivity index (χ1v) is 6.81. The summed E-state index contributed by atoms with van der Waals surface area (Å²) in [5.74, 6) is 0.329. The number of halogens is 3. The van der Waals surface area contributed by atoms with E-state index < -0.39 is 11.6 Å². The fraction of sp³-hybridized carbons (Fsp3) is 0.308. The minimum absolute atomic E-state index is 0.108. The molecule has 2 aromatic heterocycles. The van der Waals surface area contributed by atoms with Gasteiger partial charge in [0, 0.05) is 25.3 Å². The molecule has 0 spiro atoms. The van der Waals surface area contributed by atoms with E-state index in [4.69, 9.17) is 16.1 Å². The number of aromatic nitrogens is 4. The Kier molecular flexibility index (Phi) is 3.59. The van der Waals surface area contributed by atoms with Crippen LogP contribution in [0.25, 0.3) is 11.0 Å². The quantitative estimate of drug-likeness (QED) is 0.695. The third-order valence-electron chi connectivity index (χ3n) is 3.04. The summed E-state index contributed by atoms with van der Waals surface area (Å²) in [5.41, 5.74) is 0.451. The van der Waals surface area contributed by atoms with Crippen molar-refractivity contribution >= 4 is 22.6 Å². The molecule has 0 amide bonds. The molecule has 0 saturated carbocycles. The normalized spacial score (nSPS) is 11.4. The lowest BCUT2D eigenvalue weighted by atomic mass is 10.3. The maximum atomic E-state index is 13.8. The van der Waals surface area contributed by atoms with Crippen LogP contribution in [0.2, 0.25) is 0 Å². The summed E-state index contributed by atoms with van der Waals surface area (Å²) in [7, 11) is 0. The largest absolute Gasteiger partial charge is 0.340 e. The second kappa shape index (κ2) is 5.40. The lowest BCUT2D eigenvalue weighted by molar-refractivity contribution is 0.386. The molecule has 2 heterocycles. The number of rotatable bonds is 4. The van der Waals surface area contributed by atoms with E-state index in [1.54, 1.807) is 11.5 Å². The Balaban J connectivity index is 2.15. The van der Waals surface area contributed by atoms with E-state index in [9.17, 15) is 8.78 Å². The first-order valence-electron chi connectivity index (χ1n) is 6.28. The summed E-state index contributed by atoms with van der Waals surface area (Å²) < 4.78 is 33.8. The van der Waals surface area contributed by atoms with Crippen LogP contribution >= 0.6 is 11.6 Å². The molecule has 21 heavy (non-hydrogen) atoms. The summed E-state index contributed by atoms with van der Waals surface area (Å²) in [5, 5.41) is 3.79. The van der Waals surface area contributed by atoms with E-state index in [1.807, 2.05) is 0 Å². The molecule has 5 nitrogen and oxygen atoms in total. The second-order valence-corrected chi connectivity index (χ2v) is 4.92. The molecule has 0 aliphatic rings. The molecule has 0 atom stereocenters. The van der Waals surface area contributed by atoms with Crippen LogP contribution in [-0.4, -0.2) is 25.6 Å². The van der Waals surface area contributed by atoms with Crippen molar-refractivity contribution in [2.24, 2.45) is 0 Å². The Morgan fingerprint density at radius 2 is 2.10 bits per heavy atom. The van der Waals surface area contributed by atoms with Crippen LogP contribution < -0.4 is 0 Å². The topological polar surface area (TPSA) is 56.7 Å². The Morgan fingerprint density at radius 1 is 1.29 bits per heavy atom. The van der Waals surface area contributed by atoms with Crippen LogP contribution in [0.15, 0.2) is 16.7 Å². The highest BCUT2D eigenvalue weighted by Crippen LogP contribution is 2.22. The summed E-state index contributed by atoms with van der Waals surface area (Å²) in [6.45, 7) is 1.88. The zero-order valence-electron chi connectivity index (χ0n) is 11.1. The van der Waals surface area contributed by atoms with Gasteiger partial charge in [0.1, 0.15) is 17.2 Å². The Bertz CT molecular complexity index is 799. The Labute approximate surface area is 123 Å². The second-order valence-electron chi connectivity index (χ2n) is 4.54. The van der Waals surface area contributed by atoms with Gasteiger partial charge in [-0.05, 0) is 6.07 Å². The van der Waals surface area contributed by atoms with Gasteiger partial charge in [0.2, 0.25) is 5.89 Å². The maximum absolute atomic E-state index is 13.8. The molecule has 0 aliphatic carbocycles. The summed E-state index contributed by atoms with van der Waals surface area (Å²) in [4.78, 5) is 8.29. The van der Waals surface area contributed by atoms with Gasteiger partial charge >= 0.3 is 0 Å². The molecular weight excluding hydrogens is 302 g/mol. The fourth-order valence-electron chi connectivity index (χ4n) is 2.20. The van der Waals surface area contributed by atoms with Crippen molar-refractivity contribution < 1.29 is 13.3 Å². The molecule has 0 N–H and O–H groups in total. The van der Waals surface area contributed by atoms with Crippen molar-refractivity contribution in [2.45, 2.75) is 19.9 Å². The molecule has 1 aromatic carbocycles. The van der Waals surface area contributed by atoms with Gasteiger partial charge in [-0.15, -0.1) is 11.6 Å². The zero-order valence-corrected chi connectivity index (χ0v) is 11.9. The average Bonchev–Trinajstić information content (AvgIpc) is 2.97. The third-order valence-corrected chi connectivity index (χ3v) is 3.23. The molecule has 0 fully saturated rings. The number of imidazole rings is 1. The SMILES string of the molecule is Cc1nc(Cn2c(CCCl)nc3c(F)cc(F)cc32)no1. The maximum Gasteiger partial charge on any atom is 0.223 e. The molecule has 3 rings (SSSR count). The van der Waals surface area contributed by atoms with Crippen molar-refractivity contribution in [2.75, 3.05) is 5.88 Å². The van der Waals surface area contributed by atoms with Crippen LogP contribution in [-0.2, 0) is 13.0 Å². The molecule has 110 valence electrons. The van der Waals surface area contributed by atoms with Crippen LogP contribution in [0.3, 0.4) is 0 Å². The van der Waals surface area contributed by atoms with Gasteiger partial charge in [0.05, 0.1) is 12.1 Å². The Morgan fingerprint density at radius 3 is 2.76 bits per heavy atom. The van der Waals surface area contributed by atoms with Gasteiger partial charge in [0.25, 0.3) is 0 Å². The van der Waals surface area contributed by atoms with E-state index in [1.165, 1.54) is 6.07 Å². The van der Waals surface area contributed by atoms with Crippen molar-refractivity contribution in [1.82, 2.24) is 19.7 Å². The molecular formula is C13H11ClF2N4O. The lowest BCUT2D eigenvalue weighted by Crippen LogP contribution is -2.07.